The standard InChI is InChI=1S/C37H48N6O7S/c1-25(2)21-41(51(49,50)31-15-13-28(14-16-31)20-39-48)23-33(44)32(18-27-9-6-5-7-10-27)40-36(46)35(26(3)4)43-24-34(45)42(37(43)47)22-30-12-8-11-29(17-30)19-38/h5-17,20,25-26,32-33,35,44,48H,18-19,21-24,38H2,1-4H3,(H,40,46)/t32-,33+,35-/m0/s1. The van der Waals surface area contributed by atoms with Crippen LogP contribution >= 0.6 is 0 Å². The van der Waals surface area contributed by atoms with Crippen molar-refractivity contribution in [2.24, 2.45) is 22.7 Å². The molecule has 0 aliphatic carbocycles. The van der Waals surface area contributed by atoms with E-state index < -0.39 is 52.0 Å². The maximum absolute atomic E-state index is 14.1. The Hall–Kier alpha value is -4.63. The number of carbonyl (C=O) groups is 3. The first-order chi connectivity index (χ1) is 24.2. The Bertz CT molecular complexity index is 1780. The second-order valence-electron chi connectivity index (χ2n) is 13.5. The lowest BCUT2D eigenvalue weighted by Crippen LogP contribution is -2.57. The lowest BCUT2D eigenvalue weighted by atomic mass is 9.97. The number of aliphatic hydroxyl groups excluding tert-OH is 1. The van der Waals surface area contributed by atoms with Crippen LogP contribution in [-0.4, -0.2) is 94.7 Å². The summed E-state index contributed by atoms with van der Waals surface area (Å²) >= 11 is 0. The fourth-order valence-electron chi connectivity index (χ4n) is 6.15. The second kappa shape index (κ2) is 17.5. The van der Waals surface area contributed by atoms with E-state index in [4.69, 9.17) is 10.9 Å². The van der Waals surface area contributed by atoms with E-state index in [0.717, 1.165) is 21.6 Å². The van der Waals surface area contributed by atoms with Crippen LogP contribution in [-0.2, 0) is 39.1 Å². The number of nitrogens with two attached hydrogens (primary N) is 1. The average molecular weight is 721 g/mol. The first-order valence-corrected chi connectivity index (χ1v) is 18.4. The summed E-state index contributed by atoms with van der Waals surface area (Å²) in [7, 11) is -4.10. The highest BCUT2D eigenvalue weighted by molar-refractivity contribution is 7.89. The highest BCUT2D eigenvalue weighted by Crippen LogP contribution is 2.24. The van der Waals surface area contributed by atoms with Crippen molar-refractivity contribution in [2.45, 2.75) is 70.3 Å². The fraction of sp³-hybridized carbons (Fsp3) is 0.405. The van der Waals surface area contributed by atoms with Crippen molar-refractivity contribution in [3.63, 3.8) is 0 Å². The number of benzene rings is 3. The maximum atomic E-state index is 14.1. The van der Waals surface area contributed by atoms with E-state index in [2.05, 4.69) is 10.5 Å². The second-order valence-corrected chi connectivity index (χ2v) is 15.4. The molecule has 274 valence electrons. The van der Waals surface area contributed by atoms with Crippen LogP contribution in [0.1, 0.15) is 49.9 Å². The zero-order chi connectivity index (χ0) is 37.3. The van der Waals surface area contributed by atoms with E-state index in [9.17, 15) is 27.9 Å². The quantitative estimate of drug-likeness (QED) is 0.0709. The van der Waals surface area contributed by atoms with Gasteiger partial charge in [0.2, 0.25) is 15.9 Å². The van der Waals surface area contributed by atoms with Gasteiger partial charge in [-0.1, -0.05) is 99.6 Å². The molecule has 0 spiro atoms. The van der Waals surface area contributed by atoms with E-state index in [0.29, 0.717) is 12.1 Å². The van der Waals surface area contributed by atoms with Crippen molar-refractivity contribution < 1.29 is 33.1 Å². The van der Waals surface area contributed by atoms with Crippen molar-refractivity contribution in [1.82, 2.24) is 19.4 Å². The van der Waals surface area contributed by atoms with Gasteiger partial charge in [0, 0.05) is 19.6 Å². The number of carbonyl (C=O) groups excluding carboxylic acids is 3. The number of hydrogen-bond acceptors (Lipinski definition) is 9. The molecular weight excluding hydrogens is 673 g/mol. The number of nitrogens with one attached hydrogen (secondary N) is 1. The summed E-state index contributed by atoms with van der Waals surface area (Å²) in [6, 6.07) is 19.6. The number of nitrogens with zero attached hydrogens (tertiary/aromatic N) is 4. The van der Waals surface area contributed by atoms with Crippen molar-refractivity contribution in [1.29, 1.82) is 0 Å². The molecule has 1 saturated heterocycles. The van der Waals surface area contributed by atoms with Gasteiger partial charge < -0.3 is 26.3 Å². The molecule has 1 fully saturated rings. The van der Waals surface area contributed by atoms with Crippen LogP contribution < -0.4 is 11.1 Å². The van der Waals surface area contributed by atoms with E-state index in [1.54, 1.807) is 26.0 Å². The van der Waals surface area contributed by atoms with E-state index >= 15 is 0 Å². The predicted molar refractivity (Wildman–Crippen MR) is 193 cm³/mol. The Balaban J connectivity index is 1.59. The third-order valence-electron chi connectivity index (χ3n) is 8.66. The Morgan fingerprint density at radius 1 is 0.961 bits per heavy atom. The predicted octanol–water partition coefficient (Wildman–Crippen LogP) is 3.18. The van der Waals surface area contributed by atoms with Gasteiger partial charge in [-0.3, -0.25) is 14.5 Å². The van der Waals surface area contributed by atoms with Gasteiger partial charge in [-0.15, -0.1) is 0 Å². The summed E-state index contributed by atoms with van der Waals surface area (Å²) in [6.45, 7) is 7.07. The van der Waals surface area contributed by atoms with Crippen molar-refractivity contribution in [3.05, 3.63) is 101 Å². The molecule has 4 rings (SSSR count). The summed E-state index contributed by atoms with van der Waals surface area (Å²) in [6.07, 6.45) is -0.0179. The van der Waals surface area contributed by atoms with Gasteiger partial charge >= 0.3 is 6.03 Å². The van der Waals surface area contributed by atoms with Crippen LogP contribution in [0.5, 0.6) is 0 Å². The third kappa shape index (κ3) is 10.0. The molecule has 1 aliphatic rings. The Labute approximate surface area is 299 Å². The molecule has 5 N–H and O–H groups in total. The summed E-state index contributed by atoms with van der Waals surface area (Å²) in [5.41, 5.74) is 8.65. The lowest BCUT2D eigenvalue weighted by molar-refractivity contribution is -0.129. The zero-order valence-electron chi connectivity index (χ0n) is 29.4. The molecular formula is C37H48N6O7S. The Morgan fingerprint density at radius 2 is 1.61 bits per heavy atom. The Kier molecular flexibility index (Phi) is 13.5. The molecule has 3 atom stereocenters. The van der Waals surface area contributed by atoms with Crippen molar-refractivity contribution in [3.8, 4) is 0 Å². The van der Waals surface area contributed by atoms with Gasteiger partial charge in [-0.05, 0) is 52.6 Å². The first kappa shape index (κ1) is 39.2. The van der Waals surface area contributed by atoms with Crippen LogP contribution in [0, 0.1) is 11.8 Å². The molecule has 3 aromatic rings. The minimum Gasteiger partial charge on any atom is -0.411 e. The molecule has 14 heteroatoms. The summed E-state index contributed by atoms with van der Waals surface area (Å²) in [5.74, 6) is -1.52. The lowest BCUT2D eigenvalue weighted by Gasteiger charge is -2.34. The molecule has 51 heavy (non-hydrogen) atoms. The smallest absolute Gasteiger partial charge is 0.328 e. The number of urea groups is 1. The molecule has 0 unspecified atom stereocenters. The van der Waals surface area contributed by atoms with Gasteiger partial charge in [-0.2, -0.15) is 4.31 Å². The third-order valence-corrected chi connectivity index (χ3v) is 10.5. The minimum atomic E-state index is -4.10. The Morgan fingerprint density at radius 3 is 2.22 bits per heavy atom. The maximum Gasteiger partial charge on any atom is 0.328 e. The van der Waals surface area contributed by atoms with Crippen LogP contribution in [0.4, 0.5) is 4.79 Å². The van der Waals surface area contributed by atoms with Crippen molar-refractivity contribution in [2.75, 3.05) is 19.6 Å². The highest BCUT2D eigenvalue weighted by Gasteiger charge is 2.44. The van der Waals surface area contributed by atoms with Gasteiger partial charge in [0.25, 0.3) is 5.91 Å². The number of rotatable bonds is 17. The number of imide groups is 1. The van der Waals surface area contributed by atoms with E-state index in [1.807, 2.05) is 56.3 Å². The summed E-state index contributed by atoms with van der Waals surface area (Å²) in [4.78, 5) is 43.3. The first-order valence-electron chi connectivity index (χ1n) is 16.9. The number of hydrogen-bond donors (Lipinski definition) is 4. The molecule has 0 radical (unpaired) electrons. The van der Waals surface area contributed by atoms with Crippen molar-refractivity contribution >= 4 is 34.1 Å². The normalized spacial score (nSPS) is 15.7. The number of aliphatic hydroxyl groups is 1. The molecule has 1 heterocycles. The van der Waals surface area contributed by atoms with Gasteiger partial charge in [0.15, 0.2) is 0 Å². The topological polar surface area (TPSA) is 186 Å². The number of amides is 4. The monoisotopic (exact) mass is 720 g/mol. The number of sulfonamides is 1. The van der Waals surface area contributed by atoms with Gasteiger partial charge in [-0.25, -0.2) is 13.2 Å². The molecule has 13 nitrogen and oxygen atoms in total. The van der Waals surface area contributed by atoms with Gasteiger partial charge in [0.1, 0.15) is 12.6 Å². The highest BCUT2D eigenvalue weighted by atomic mass is 32.2. The summed E-state index contributed by atoms with van der Waals surface area (Å²) in [5, 5.41) is 26.5. The molecule has 4 amide bonds. The molecule has 3 aromatic carbocycles. The van der Waals surface area contributed by atoms with Crippen LogP contribution in [0.15, 0.2) is 88.9 Å². The van der Waals surface area contributed by atoms with E-state index in [-0.39, 0.29) is 43.4 Å². The molecule has 0 bridgehead atoms. The average Bonchev–Trinajstić information content (AvgIpc) is 3.36. The zero-order valence-corrected chi connectivity index (χ0v) is 30.2. The largest absolute Gasteiger partial charge is 0.411 e. The van der Waals surface area contributed by atoms with E-state index in [1.165, 1.54) is 39.7 Å². The minimum absolute atomic E-state index is 0.00882. The SMILES string of the molecule is CC(C)CN(C[C@@H](O)[C@H](Cc1ccccc1)NC(=O)[C@H](C(C)C)N1CC(=O)N(Cc2cccc(CN)c2)C1=O)S(=O)(=O)c1ccc(C=NO)cc1. The fourth-order valence-corrected chi connectivity index (χ4v) is 7.77. The van der Waals surface area contributed by atoms with Crippen LogP contribution in [0.3, 0.4) is 0 Å². The van der Waals surface area contributed by atoms with Crippen LogP contribution in [0.2, 0.25) is 0 Å². The molecule has 1 aliphatic heterocycles. The summed E-state index contributed by atoms with van der Waals surface area (Å²) < 4.78 is 28.9. The molecule has 0 aromatic heterocycles. The van der Waals surface area contributed by atoms with Gasteiger partial charge in [0.05, 0.1) is 29.8 Å². The van der Waals surface area contributed by atoms with Crippen LogP contribution in [0.25, 0.3) is 0 Å². The molecule has 0 saturated carbocycles. The number of oxime groups is 1.